The van der Waals surface area contributed by atoms with Crippen LogP contribution in [0, 0.1) is 0 Å². The predicted molar refractivity (Wildman–Crippen MR) is 62.7 cm³/mol. The molecule has 0 saturated carbocycles. The third-order valence-electron chi connectivity index (χ3n) is 2.44. The molecular formula is C12H22N2O. The van der Waals surface area contributed by atoms with E-state index in [1.54, 1.807) is 0 Å². The highest BCUT2D eigenvalue weighted by atomic mass is 16.3. The van der Waals surface area contributed by atoms with E-state index in [1.807, 2.05) is 13.8 Å². The largest absolute Gasteiger partial charge is 0.390 e. The van der Waals surface area contributed by atoms with E-state index in [9.17, 15) is 5.11 Å². The highest BCUT2D eigenvalue weighted by Gasteiger charge is 2.12. The number of aromatic nitrogens is 1. The van der Waals surface area contributed by atoms with Gasteiger partial charge in [0.1, 0.15) is 0 Å². The molecular weight excluding hydrogens is 188 g/mol. The summed E-state index contributed by atoms with van der Waals surface area (Å²) in [6.45, 7) is 8.55. The summed E-state index contributed by atoms with van der Waals surface area (Å²) in [5.41, 5.74) is 0.695. The van der Waals surface area contributed by atoms with Crippen LogP contribution in [0.15, 0.2) is 18.3 Å². The summed E-state index contributed by atoms with van der Waals surface area (Å²) in [5.74, 6) is 0. The molecule has 3 heteroatoms. The fourth-order valence-electron chi connectivity index (χ4n) is 1.48. The second kappa shape index (κ2) is 5.33. The van der Waals surface area contributed by atoms with Crippen molar-refractivity contribution in [1.29, 1.82) is 0 Å². The van der Waals surface area contributed by atoms with Gasteiger partial charge in [-0.05, 0) is 38.9 Å². The van der Waals surface area contributed by atoms with Crippen molar-refractivity contribution < 1.29 is 5.11 Å². The number of aryl methyl sites for hydroxylation is 1. The van der Waals surface area contributed by atoms with Crippen LogP contribution in [0.1, 0.15) is 32.9 Å². The molecule has 0 amide bonds. The smallest absolute Gasteiger partial charge is 0.0608 e. The zero-order valence-corrected chi connectivity index (χ0v) is 9.95. The number of nitrogens with zero attached hydrogens (tertiary/aromatic N) is 1. The molecule has 0 unspecified atom stereocenters. The fourth-order valence-corrected chi connectivity index (χ4v) is 1.48. The Morgan fingerprint density at radius 2 is 2.20 bits per heavy atom. The van der Waals surface area contributed by atoms with E-state index in [0.29, 0.717) is 0 Å². The first-order valence-electron chi connectivity index (χ1n) is 5.60. The molecule has 0 atom stereocenters. The first-order valence-corrected chi connectivity index (χ1v) is 5.60. The number of hydrogen-bond acceptors (Lipinski definition) is 2. The van der Waals surface area contributed by atoms with Gasteiger partial charge in [-0.2, -0.15) is 0 Å². The van der Waals surface area contributed by atoms with Crippen LogP contribution in [-0.4, -0.2) is 21.8 Å². The molecule has 1 aromatic rings. The van der Waals surface area contributed by atoms with Crippen LogP contribution in [0.3, 0.4) is 0 Å². The van der Waals surface area contributed by atoms with Gasteiger partial charge < -0.3 is 15.0 Å². The van der Waals surface area contributed by atoms with Crippen molar-refractivity contribution in [2.45, 2.75) is 45.9 Å². The summed E-state index contributed by atoms with van der Waals surface area (Å²) >= 11 is 0. The summed E-state index contributed by atoms with van der Waals surface area (Å²) in [4.78, 5) is 0. The third kappa shape index (κ3) is 4.49. The number of aliphatic hydroxyl groups is 1. The van der Waals surface area contributed by atoms with Gasteiger partial charge in [-0.3, -0.25) is 0 Å². The van der Waals surface area contributed by atoms with Crippen molar-refractivity contribution >= 4 is 0 Å². The molecule has 0 aliphatic heterocycles. The number of hydrogen-bond donors (Lipinski definition) is 2. The van der Waals surface area contributed by atoms with Gasteiger partial charge >= 0.3 is 0 Å². The normalized spacial score (nSPS) is 12.0. The van der Waals surface area contributed by atoms with Crippen LogP contribution < -0.4 is 5.32 Å². The molecule has 0 aromatic carbocycles. The molecule has 3 nitrogen and oxygen atoms in total. The van der Waals surface area contributed by atoms with Crippen LogP contribution in [0.2, 0.25) is 0 Å². The van der Waals surface area contributed by atoms with Gasteiger partial charge in [-0.1, -0.05) is 6.92 Å². The molecule has 2 N–H and O–H groups in total. The molecule has 0 fully saturated rings. The molecule has 0 saturated heterocycles. The van der Waals surface area contributed by atoms with E-state index in [-0.39, 0.29) is 0 Å². The highest BCUT2D eigenvalue weighted by molar-refractivity contribution is 5.06. The van der Waals surface area contributed by atoms with Gasteiger partial charge in [0.25, 0.3) is 0 Å². The van der Waals surface area contributed by atoms with E-state index >= 15 is 0 Å². The quantitative estimate of drug-likeness (QED) is 0.750. The average molecular weight is 210 g/mol. The molecule has 0 aliphatic rings. The average Bonchev–Trinajstić information content (AvgIpc) is 2.57. The Morgan fingerprint density at radius 3 is 2.80 bits per heavy atom. The number of nitrogens with one attached hydrogen (secondary N) is 1. The molecule has 1 heterocycles. The molecule has 1 rings (SSSR count). The van der Waals surface area contributed by atoms with Gasteiger partial charge in [0, 0.05) is 25.0 Å². The molecule has 0 aliphatic carbocycles. The minimum atomic E-state index is -0.584. The summed E-state index contributed by atoms with van der Waals surface area (Å²) in [6.07, 6.45) is 2.85. The van der Waals surface area contributed by atoms with Crippen molar-refractivity contribution in [3.63, 3.8) is 0 Å². The molecule has 1 aromatic heterocycles. The molecule has 0 spiro atoms. The SMILES string of the molecule is CCNCc1cccn1CCC(C)(C)O. The van der Waals surface area contributed by atoms with Crippen molar-refractivity contribution in [3.8, 4) is 0 Å². The van der Waals surface area contributed by atoms with E-state index in [4.69, 9.17) is 0 Å². The monoisotopic (exact) mass is 210 g/mol. The third-order valence-corrected chi connectivity index (χ3v) is 2.44. The van der Waals surface area contributed by atoms with Crippen molar-refractivity contribution in [3.05, 3.63) is 24.0 Å². The topological polar surface area (TPSA) is 37.2 Å². The van der Waals surface area contributed by atoms with E-state index in [0.717, 1.165) is 26.1 Å². The maximum atomic E-state index is 9.65. The van der Waals surface area contributed by atoms with Crippen LogP contribution >= 0.6 is 0 Å². The van der Waals surface area contributed by atoms with E-state index < -0.39 is 5.60 Å². The van der Waals surface area contributed by atoms with Crippen molar-refractivity contribution in [1.82, 2.24) is 9.88 Å². The van der Waals surface area contributed by atoms with E-state index in [2.05, 4.69) is 35.1 Å². The second-order valence-electron chi connectivity index (χ2n) is 4.54. The number of rotatable bonds is 6. The zero-order valence-electron chi connectivity index (χ0n) is 9.95. The Bertz CT molecular complexity index is 286. The maximum Gasteiger partial charge on any atom is 0.0608 e. The molecule has 86 valence electrons. The zero-order chi connectivity index (χ0) is 11.3. The van der Waals surface area contributed by atoms with Gasteiger partial charge in [0.05, 0.1) is 5.60 Å². The Balaban J connectivity index is 2.50. The lowest BCUT2D eigenvalue weighted by molar-refractivity contribution is 0.0660. The Morgan fingerprint density at radius 1 is 1.47 bits per heavy atom. The summed E-state index contributed by atoms with van der Waals surface area (Å²) in [7, 11) is 0. The lowest BCUT2D eigenvalue weighted by Crippen LogP contribution is -2.22. The standard InChI is InChI=1S/C12H22N2O/c1-4-13-10-11-6-5-8-14(11)9-7-12(2,3)15/h5-6,8,13,15H,4,7,9-10H2,1-3H3. The minimum Gasteiger partial charge on any atom is -0.390 e. The first kappa shape index (κ1) is 12.3. The van der Waals surface area contributed by atoms with Crippen LogP contribution in [0.5, 0.6) is 0 Å². The minimum absolute atomic E-state index is 0.584. The Labute approximate surface area is 92.1 Å². The molecule has 15 heavy (non-hydrogen) atoms. The summed E-state index contributed by atoms with van der Waals surface area (Å²) in [5, 5.41) is 13.0. The Kier molecular flexibility index (Phi) is 4.36. The summed E-state index contributed by atoms with van der Waals surface area (Å²) < 4.78 is 2.20. The van der Waals surface area contributed by atoms with Gasteiger partial charge in [-0.25, -0.2) is 0 Å². The highest BCUT2D eigenvalue weighted by Crippen LogP contribution is 2.11. The predicted octanol–water partition coefficient (Wildman–Crippen LogP) is 1.76. The van der Waals surface area contributed by atoms with Crippen LogP contribution in [-0.2, 0) is 13.1 Å². The lowest BCUT2D eigenvalue weighted by atomic mass is 10.1. The lowest BCUT2D eigenvalue weighted by Gasteiger charge is -2.18. The fraction of sp³-hybridized carbons (Fsp3) is 0.667. The van der Waals surface area contributed by atoms with Crippen molar-refractivity contribution in [2.75, 3.05) is 6.54 Å². The van der Waals surface area contributed by atoms with Crippen LogP contribution in [0.4, 0.5) is 0 Å². The van der Waals surface area contributed by atoms with Gasteiger partial charge in [-0.15, -0.1) is 0 Å². The maximum absolute atomic E-state index is 9.65. The van der Waals surface area contributed by atoms with Crippen LogP contribution in [0.25, 0.3) is 0 Å². The van der Waals surface area contributed by atoms with Gasteiger partial charge in [0.2, 0.25) is 0 Å². The second-order valence-corrected chi connectivity index (χ2v) is 4.54. The molecule has 0 bridgehead atoms. The molecule has 0 radical (unpaired) electrons. The van der Waals surface area contributed by atoms with Crippen molar-refractivity contribution in [2.24, 2.45) is 0 Å². The van der Waals surface area contributed by atoms with E-state index in [1.165, 1.54) is 5.69 Å². The van der Waals surface area contributed by atoms with Gasteiger partial charge in [0.15, 0.2) is 0 Å². The Hall–Kier alpha value is -0.800. The first-order chi connectivity index (χ1) is 7.03. The summed E-state index contributed by atoms with van der Waals surface area (Å²) in [6, 6.07) is 4.17.